The molecule has 0 aliphatic heterocycles. The third-order valence-electron chi connectivity index (χ3n) is 1.44. The lowest BCUT2D eigenvalue weighted by Crippen LogP contribution is -1.79. The van der Waals surface area contributed by atoms with E-state index in [2.05, 4.69) is 25.9 Å². The summed E-state index contributed by atoms with van der Waals surface area (Å²) >= 11 is 3.36. The van der Waals surface area contributed by atoms with Gasteiger partial charge in [-0.1, -0.05) is 0 Å². The Morgan fingerprint density at radius 2 is 2.25 bits per heavy atom. The Bertz CT molecular complexity index is 372. The fourth-order valence-electron chi connectivity index (χ4n) is 0.905. The second kappa shape index (κ2) is 3.06. The Morgan fingerprint density at radius 1 is 1.33 bits per heavy atom. The molecule has 0 fully saturated rings. The van der Waals surface area contributed by atoms with Crippen molar-refractivity contribution >= 4 is 15.9 Å². The van der Waals surface area contributed by atoms with Crippen LogP contribution in [0.2, 0.25) is 0 Å². The highest BCUT2D eigenvalue weighted by atomic mass is 79.9. The first-order valence-electron chi connectivity index (χ1n) is 3.37. The second-order valence-corrected chi connectivity index (χ2v) is 3.05. The molecule has 0 saturated heterocycles. The maximum absolute atomic E-state index is 5.13. The van der Waals surface area contributed by atoms with Crippen LogP contribution in [0.3, 0.4) is 0 Å². The van der Waals surface area contributed by atoms with Gasteiger partial charge in [0.15, 0.2) is 0 Å². The van der Waals surface area contributed by atoms with Crippen molar-refractivity contribution in [3.05, 3.63) is 35.4 Å². The Balaban J connectivity index is 2.55. The van der Waals surface area contributed by atoms with Gasteiger partial charge in [0.05, 0.1) is 11.8 Å². The molecule has 0 atom stereocenters. The molecule has 2 aromatic heterocycles. The summed E-state index contributed by atoms with van der Waals surface area (Å²) in [7, 11) is 0. The van der Waals surface area contributed by atoms with Gasteiger partial charge in [-0.15, -0.1) is 0 Å². The van der Waals surface area contributed by atoms with Gasteiger partial charge in [-0.2, -0.15) is 0 Å². The summed E-state index contributed by atoms with van der Waals surface area (Å²) < 4.78 is 6.01. The van der Waals surface area contributed by atoms with E-state index in [4.69, 9.17) is 4.42 Å². The van der Waals surface area contributed by atoms with Gasteiger partial charge in [-0.05, 0) is 22.0 Å². The SMILES string of the molecule is Brc1cnccc1-c1ncco1. The van der Waals surface area contributed by atoms with Crippen molar-refractivity contribution in [3.8, 4) is 11.5 Å². The number of pyridine rings is 1. The second-order valence-electron chi connectivity index (χ2n) is 2.19. The molecule has 4 heteroatoms. The van der Waals surface area contributed by atoms with E-state index in [0.717, 1.165) is 10.0 Å². The molecule has 2 heterocycles. The molecule has 60 valence electrons. The number of rotatable bonds is 1. The van der Waals surface area contributed by atoms with Gasteiger partial charge >= 0.3 is 0 Å². The monoisotopic (exact) mass is 224 g/mol. The molecule has 0 amide bonds. The zero-order valence-corrected chi connectivity index (χ0v) is 7.65. The van der Waals surface area contributed by atoms with Gasteiger partial charge < -0.3 is 4.42 Å². The largest absolute Gasteiger partial charge is 0.444 e. The molecule has 0 aliphatic carbocycles. The van der Waals surface area contributed by atoms with Crippen molar-refractivity contribution in [2.45, 2.75) is 0 Å². The maximum Gasteiger partial charge on any atom is 0.227 e. The Kier molecular flexibility index (Phi) is 1.91. The molecule has 2 aromatic rings. The van der Waals surface area contributed by atoms with Crippen molar-refractivity contribution < 1.29 is 4.42 Å². The van der Waals surface area contributed by atoms with Gasteiger partial charge in [0.2, 0.25) is 5.89 Å². The first-order valence-corrected chi connectivity index (χ1v) is 4.16. The van der Waals surface area contributed by atoms with Crippen LogP contribution >= 0.6 is 15.9 Å². The highest BCUT2D eigenvalue weighted by Gasteiger charge is 2.05. The molecule has 0 saturated carbocycles. The van der Waals surface area contributed by atoms with Crippen LogP contribution in [-0.2, 0) is 0 Å². The van der Waals surface area contributed by atoms with Gasteiger partial charge in [0, 0.05) is 16.9 Å². The van der Waals surface area contributed by atoms with E-state index in [9.17, 15) is 0 Å². The van der Waals surface area contributed by atoms with E-state index >= 15 is 0 Å². The smallest absolute Gasteiger partial charge is 0.227 e. The van der Waals surface area contributed by atoms with Crippen LogP contribution in [0, 0.1) is 0 Å². The number of oxazole rings is 1. The molecule has 0 N–H and O–H groups in total. The Hall–Kier alpha value is -1.16. The number of aromatic nitrogens is 2. The van der Waals surface area contributed by atoms with E-state index in [1.165, 1.54) is 0 Å². The van der Waals surface area contributed by atoms with Crippen LogP contribution in [-0.4, -0.2) is 9.97 Å². The average Bonchev–Trinajstić information content (AvgIpc) is 2.57. The van der Waals surface area contributed by atoms with Gasteiger partial charge in [-0.25, -0.2) is 4.98 Å². The number of hydrogen-bond donors (Lipinski definition) is 0. The molecule has 3 nitrogen and oxygen atoms in total. The first kappa shape index (κ1) is 7.49. The zero-order valence-electron chi connectivity index (χ0n) is 6.07. The van der Waals surface area contributed by atoms with Crippen molar-refractivity contribution in [2.75, 3.05) is 0 Å². The molecule has 0 unspecified atom stereocenters. The number of halogens is 1. The highest BCUT2D eigenvalue weighted by Crippen LogP contribution is 2.24. The quantitative estimate of drug-likeness (QED) is 0.748. The minimum atomic E-state index is 0.601. The van der Waals surface area contributed by atoms with E-state index < -0.39 is 0 Å². The number of hydrogen-bond acceptors (Lipinski definition) is 3. The normalized spacial score (nSPS) is 10.1. The van der Waals surface area contributed by atoms with Gasteiger partial charge in [0.25, 0.3) is 0 Å². The van der Waals surface area contributed by atoms with Crippen LogP contribution in [0.4, 0.5) is 0 Å². The van der Waals surface area contributed by atoms with Crippen molar-refractivity contribution in [3.63, 3.8) is 0 Å². The summed E-state index contributed by atoms with van der Waals surface area (Å²) in [5, 5.41) is 0. The summed E-state index contributed by atoms with van der Waals surface area (Å²) in [6.45, 7) is 0. The third-order valence-corrected chi connectivity index (χ3v) is 2.07. The molecular formula is C8H5BrN2O. The average molecular weight is 225 g/mol. The molecule has 0 aromatic carbocycles. The van der Waals surface area contributed by atoms with E-state index in [1.807, 2.05) is 6.07 Å². The molecule has 12 heavy (non-hydrogen) atoms. The summed E-state index contributed by atoms with van der Waals surface area (Å²) in [6, 6.07) is 1.84. The van der Waals surface area contributed by atoms with Crippen molar-refractivity contribution in [2.24, 2.45) is 0 Å². The minimum absolute atomic E-state index is 0.601. The van der Waals surface area contributed by atoms with E-state index in [-0.39, 0.29) is 0 Å². The topological polar surface area (TPSA) is 38.9 Å². The fraction of sp³-hybridized carbons (Fsp3) is 0. The van der Waals surface area contributed by atoms with Crippen LogP contribution in [0.1, 0.15) is 0 Å². The Labute approximate surface area is 77.6 Å². The molecule has 0 radical (unpaired) electrons. The van der Waals surface area contributed by atoms with Crippen molar-refractivity contribution in [1.29, 1.82) is 0 Å². The molecule has 0 spiro atoms. The third kappa shape index (κ3) is 1.25. The van der Waals surface area contributed by atoms with Crippen LogP contribution in [0.25, 0.3) is 11.5 Å². The molecule has 2 rings (SSSR count). The molecule has 0 aliphatic rings. The summed E-state index contributed by atoms with van der Waals surface area (Å²) in [5.41, 5.74) is 0.912. The predicted octanol–water partition coefficient (Wildman–Crippen LogP) is 2.50. The van der Waals surface area contributed by atoms with E-state index in [1.54, 1.807) is 24.9 Å². The summed E-state index contributed by atoms with van der Waals surface area (Å²) in [4.78, 5) is 7.96. The van der Waals surface area contributed by atoms with Crippen molar-refractivity contribution in [1.82, 2.24) is 9.97 Å². The molecule has 0 bridgehead atoms. The number of nitrogens with zero attached hydrogens (tertiary/aromatic N) is 2. The summed E-state index contributed by atoms with van der Waals surface area (Å²) in [6.07, 6.45) is 6.56. The fourth-order valence-corrected chi connectivity index (χ4v) is 1.33. The van der Waals surface area contributed by atoms with E-state index in [0.29, 0.717) is 5.89 Å². The van der Waals surface area contributed by atoms with Gasteiger partial charge in [0.1, 0.15) is 6.26 Å². The zero-order chi connectivity index (χ0) is 8.39. The first-order chi connectivity index (χ1) is 5.88. The van der Waals surface area contributed by atoms with Gasteiger partial charge in [-0.3, -0.25) is 4.98 Å². The lowest BCUT2D eigenvalue weighted by Gasteiger charge is -1.96. The standard InChI is InChI=1S/C8H5BrN2O/c9-7-5-10-2-1-6(7)8-11-3-4-12-8/h1-5H. The van der Waals surface area contributed by atoms with Crippen LogP contribution < -0.4 is 0 Å². The molecular weight excluding hydrogens is 220 g/mol. The minimum Gasteiger partial charge on any atom is -0.444 e. The lowest BCUT2D eigenvalue weighted by atomic mass is 10.3. The predicted molar refractivity (Wildman–Crippen MR) is 47.4 cm³/mol. The summed E-state index contributed by atoms with van der Waals surface area (Å²) in [5.74, 6) is 0.601. The Morgan fingerprint density at radius 3 is 2.92 bits per heavy atom. The van der Waals surface area contributed by atoms with Crippen LogP contribution in [0.15, 0.2) is 39.8 Å². The maximum atomic E-state index is 5.13. The van der Waals surface area contributed by atoms with Crippen LogP contribution in [0.5, 0.6) is 0 Å². The lowest BCUT2D eigenvalue weighted by molar-refractivity contribution is 0.574. The highest BCUT2D eigenvalue weighted by molar-refractivity contribution is 9.10.